The molecule has 9 heteroatoms. The Morgan fingerprint density at radius 2 is 1.64 bits per heavy atom. The molecule has 39 heavy (non-hydrogen) atoms. The smallest absolute Gasteiger partial charge is 0.293 e. The van der Waals surface area contributed by atoms with Gasteiger partial charge >= 0.3 is 0 Å². The van der Waals surface area contributed by atoms with Gasteiger partial charge in [-0.2, -0.15) is 0 Å². The number of hydrogen-bond donors (Lipinski definition) is 0. The third-order valence-electron chi connectivity index (χ3n) is 6.78. The number of hydrogen-bond acceptors (Lipinski definition) is 6. The summed E-state index contributed by atoms with van der Waals surface area (Å²) in [6, 6.07) is 22.3. The zero-order chi connectivity index (χ0) is 27.4. The molecule has 3 aromatic rings. The second-order valence-corrected chi connectivity index (χ2v) is 10.9. The lowest BCUT2D eigenvalue weighted by Crippen LogP contribution is -2.48. The highest BCUT2D eigenvalue weighted by molar-refractivity contribution is 8.18. The second kappa shape index (κ2) is 12.1. The van der Waals surface area contributed by atoms with Crippen molar-refractivity contribution in [2.75, 3.05) is 33.3 Å². The number of methoxy groups -OCH3 is 1. The Morgan fingerprint density at radius 1 is 0.923 bits per heavy atom. The van der Waals surface area contributed by atoms with Gasteiger partial charge in [0.15, 0.2) is 0 Å². The molecule has 5 rings (SSSR count). The average Bonchev–Trinajstić information content (AvgIpc) is 3.21. The summed E-state index contributed by atoms with van der Waals surface area (Å²) in [4.78, 5) is 44.2. The van der Waals surface area contributed by atoms with E-state index in [1.165, 1.54) is 10.5 Å². The number of imide groups is 1. The van der Waals surface area contributed by atoms with Crippen molar-refractivity contribution in [2.45, 2.75) is 13.1 Å². The fourth-order valence-electron chi connectivity index (χ4n) is 4.61. The molecule has 0 bridgehead atoms. The van der Waals surface area contributed by atoms with E-state index in [0.29, 0.717) is 28.6 Å². The standard InChI is InChI=1S/C30H28ClN3O4S/c1-38-26-11-7-22(8-12-26)19-32-13-15-33(16-14-32)28(35)24-9-5-21(6-10-24)18-27-29(36)34(30(37)39-27)20-23-3-2-4-25(31)17-23/h2-12,17-18H,13-16,19-20H2,1H3/b27-18-. The van der Waals surface area contributed by atoms with E-state index in [9.17, 15) is 14.4 Å². The van der Waals surface area contributed by atoms with Gasteiger partial charge in [0.25, 0.3) is 17.1 Å². The van der Waals surface area contributed by atoms with Gasteiger partial charge in [-0.05, 0) is 70.9 Å². The molecule has 0 aliphatic carbocycles. The molecule has 0 radical (unpaired) electrons. The van der Waals surface area contributed by atoms with Crippen LogP contribution in [0.4, 0.5) is 4.79 Å². The molecule has 0 saturated carbocycles. The van der Waals surface area contributed by atoms with Crippen molar-refractivity contribution in [3.05, 3.63) is 105 Å². The van der Waals surface area contributed by atoms with Crippen molar-refractivity contribution >= 4 is 46.5 Å². The molecule has 0 N–H and O–H groups in total. The Balaban J connectivity index is 1.16. The van der Waals surface area contributed by atoms with E-state index in [1.54, 1.807) is 55.7 Å². The molecule has 0 aromatic heterocycles. The Morgan fingerprint density at radius 3 is 2.31 bits per heavy atom. The number of piperazine rings is 1. The van der Waals surface area contributed by atoms with Crippen LogP contribution in [0.2, 0.25) is 5.02 Å². The van der Waals surface area contributed by atoms with Crippen LogP contribution in [0.15, 0.2) is 77.7 Å². The lowest BCUT2D eigenvalue weighted by Gasteiger charge is -2.34. The van der Waals surface area contributed by atoms with Crippen LogP contribution >= 0.6 is 23.4 Å². The Bertz CT molecular complexity index is 1400. The molecular formula is C30H28ClN3O4S. The van der Waals surface area contributed by atoms with Crippen LogP contribution in [0.25, 0.3) is 6.08 Å². The first kappa shape index (κ1) is 27.0. The van der Waals surface area contributed by atoms with E-state index in [4.69, 9.17) is 16.3 Å². The zero-order valence-electron chi connectivity index (χ0n) is 21.5. The molecular weight excluding hydrogens is 534 g/mol. The van der Waals surface area contributed by atoms with Crippen LogP contribution in [0.5, 0.6) is 5.75 Å². The zero-order valence-corrected chi connectivity index (χ0v) is 23.1. The second-order valence-electron chi connectivity index (χ2n) is 9.44. The fourth-order valence-corrected chi connectivity index (χ4v) is 5.66. The monoisotopic (exact) mass is 561 g/mol. The van der Waals surface area contributed by atoms with E-state index < -0.39 is 0 Å². The Labute approximate surface area is 237 Å². The predicted octanol–water partition coefficient (Wildman–Crippen LogP) is 5.54. The maximum absolute atomic E-state index is 13.1. The number of carbonyl (C=O) groups is 3. The first-order valence-corrected chi connectivity index (χ1v) is 13.8. The van der Waals surface area contributed by atoms with Gasteiger partial charge in [0, 0.05) is 43.3 Å². The summed E-state index contributed by atoms with van der Waals surface area (Å²) in [7, 11) is 1.66. The average molecular weight is 562 g/mol. The number of amides is 3. The van der Waals surface area contributed by atoms with Gasteiger partial charge in [-0.3, -0.25) is 24.2 Å². The van der Waals surface area contributed by atoms with Crippen LogP contribution in [-0.4, -0.2) is 65.0 Å². The number of rotatable bonds is 7. The topological polar surface area (TPSA) is 70.2 Å². The molecule has 0 spiro atoms. The molecule has 7 nitrogen and oxygen atoms in total. The molecule has 3 aromatic carbocycles. The van der Waals surface area contributed by atoms with Crippen molar-refractivity contribution < 1.29 is 19.1 Å². The summed E-state index contributed by atoms with van der Waals surface area (Å²) in [5.74, 6) is 0.499. The van der Waals surface area contributed by atoms with Crippen LogP contribution in [0, 0.1) is 0 Å². The maximum atomic E-state index is 13.1. The Hall–Kier alpha value is -3.59. The normalized spacial score (nSPS) is 17.2. The highest BCUT2D eigenvalue weighted by Crippen LogP contribution is 2.33. The van der Waals surface area contributed by atoms with Gasteiger partial charge < -0.3 is 9.64 Å². The Kier molecular flexibility index (Phi) is 8.35. The van der Waals surface area contributed by atoms with Crippen molar-refractivity contribution in [2.24, 2.45) is 0 Å². The minimum Gasteiger partial charge on any atom is -0.497 e. The lowest BCUT2D eigenvalue weighted by atomic mass is 10.1. The summed E-state index contributed by atoms with van der Waals surface area (Å²) < 4.78 is 5.22. The van der Waals surface area contributed by atoms with E-state index in [0.717, 1.165) is 48.3 Å². The summed E-state index contributed by atoms with van der Waals surface area (Å²) in [6.07, 6.45) is 1.69. The molecule has 0 atom stereocenters. The molecule has 3 amide bonds. The van der Waals surface area contributed by atoms with Crippen molar-refractivity contribution in [1.82, 2.24) is 14.7 Å². The van der Waals surface area contributed by atoms with Crippen LogP contribution in [0.1, 0.15) is 27.0 Å². The SMILES string of the molecule is COc1ccc(CN2CCN(C(=O)c3ccc(/C=C4\SC(=O)N(Cc5cccc(Cl)c5)C4=O)cc3)CC2)cc1. The summed E-state index contributed by atoms with van der Waals surface area (Å²) in [5, 5.41) is 0.240. The number of benzene rings is 3. The maximum Gasteiger partial charge on any atom is 0.293 e. The number of carbonyl (C=O) groups excluding carboxylic acids is 3. The third-order valence-corrected chi connectivity index (χ3v) is 7.93. The van der Waals surface area contributed by atoms with E-state index in [1.807, 2.05) is 23.1 Å². The van der Waals surface area contributed by atoms with Crippen molar-refractivity contribution in [3.8, 4) is 5.75 Å². The van der Waals surface area contributed by atoms with Crippen molar-refractivity contribution in [3.63, 3.8) is 0 Å². The van der Waals surface area contributed by atoms with Gasteiger partial charge in [0.05, 0.1) is 18.6 Å². The largest absolute Gasteiger partial charge is 0.497 e. The quantitative estimate of drug-likeness (QED) is 0.353. The van der Waals surface area contributed by atoms with Crippen molar-refractivity contribution in [1.29, 1.82) is 0 Å². The molecule has 0 unspecified atom stereocenters. The number of thioether (sulfide) groups is 1. The molecule has 200 valence electrons. The molecule has 2 aliphatic rings. The van der Waals surface area contributed by atoms with Gasteiger partial charge in [-0.1, -0.05) is 48.0 Å². The van der Waals surface area contributed by atoms with Gasteiger partial charge in [0.1, 0.15) is 5.75 Å². The first-order valence-electron chi connectivity index (χ1n) is 12.6. The highest BCUT2D eigenvalue weighted by Gasteiger charge is 2.35. The van der Waals surface area contributed by atoms with Crippen LogP contribution < -0.4 is 4.74 Å². The molecule has 2 heterocycles. The van der Waals surface area contributed by atoms with Gasteiger partial charge in [0.2, 0.25) is 0 Å². The predicted molar refractivity (Wildman–Crippen MR) is 154 cm³/mol. The summed E-state index contributed by atoms with van der Waals surface area (Å²) >= 11 is 6.95. The molecule has 2 aliphatic heterocycles. The minimum atomic E-state index is -0.336. The summed E-state index contributed by atoms with van der Waals surface area (Å²) in [6.45, 7) is 3.95. The van der Waals surface area contributed by atoms with Crippen LogP contribution in [0.3, 0.4) is 0 Å². The lowest BCUT2D eigenvalue weighted by molar-refractivity contribution is -0.123. The highest BCUT2D eigenvalue weighted by atomic mass is 35.5. The molecule has 2 fully saturated rings. The fraction of sp³-hybridized carbons (Fsp3) is 0.233. The van der Waals surface area contributed by atoms with Gasteiger partial charge in [-0.15, -0.1) is 0 Å². The van der Waals surface area contributed by atoms with E-state index >= 15 is 0 Å². The molecule has 2 saturated heterocycles. The third kappa shape index (κ3) is 6.53. The number of ether oxygens (including phenoxy) is 1. The van der Waals surface area contributed by atoms with E-state index in [-0.39, 0.29) is 23.6 Å². The van der Waals surface area contributed by atoms with Gasteiger partial charge in [-0.25, -0.2) is 0 Å². The minimum absolute atomic E-state index is 0.00695. The summed E-state index contributed by atoms with van der Waals surface area (Å²) in [5.41, 5.74) is 3.36. The van der Waals surface area contributed by atoms with Crippen LogP contribution in [-0.2, 0) is 17.9 Å². The number of halogens is 1. The first-order chi connectivity index (χ1) is 18.9. The number of nitrogens with zero attached hydrogens (tertiary/aromatic N) is 3. The van der Waals surface area contributed by atoms with E-state index in [2.05, 4.69) is 17.0 Å².